The molecule has 0 fully saturated rings. The van der Waals surface area contributed by atoms with Crippen LogP contribution in [0, 0.1) is 6.92 Å². The molecule has 0 aliphatic carbocycles. The van der Waals surface area contributed by atoms with Crippen molar-refractivity contribution in [1.29, 1.82) is 0 Å². The number of aromatic nitrogens is 1. The number of nitrogens with one attached hydrogen (secondary N) is 1. The Balaban J connectivity index is 1.72. The van der Waals surface area contributed by atoms with Gasteiger partial charge in [0.25, 0.3) is 5.91 Å². The Hall–Kier alpha value is -3.08. The predicted molar refractivity (Wildman–Crippen MR) is 97.6 cm³/mol. The number of amides is 1. The van der Waals surface area contributed by atoms with Crippen molar-refractivity contribution in [2.24, 2.45) is 7.05 Å². The first-order valence-corrected chi connectivity index (χ1v) is 8.08. The number of carbonyl (C=O) groups is 2. The highest BCUT2D eigenvalue weighted by molar-refractivity contribution is 6.05. The normalized spacial score (nSPS) is 12.0. The predicted octanol–water partition coefficient (Wildman–Crippen LogP) is 3.67. The van der Waals surface area contributed by atoms with E-state index in [9.17, 15) is 9.59 Å². The highest BCUT2D eigenvalue weighted by Gasteiger charge is 2.21. The highest BCUT2D eigenvalue weighted by Crippen LogP contribution is 2.21. The SMILES string of the molecule is Cc1cccc(NC(=O)[C@H](C)OC(=O)c2cn(C)c3ccccc23)c1. The Morgan fingerprint density at radius 1 is 1.12 bits per heavy atom. The van der Waals surface area contributed by atoms with Gasteiger partial charge in [0, 0.05) is 29.8 Å². The molecule has 0 unspecified atom stereocenters. The van der Waals surface area contributed by atoms with E-state index in [0.717, 1.165) is 16.5 Å². The molecule has 0 saturated heterocycles. The van der Waals surface area contributed by atoms with Crippen LogP contribution in [0.2, 0.25) is 0 Å². The molecule has 128 valence electrons. The lowest BCUT2D eigenvalue weighted by Crippen LogP contribution is -2.30. The van der Waals surface area contributed by atoms with E-state index in [0.29, 0.717) is 11.3 Å². The van der Waals surface area contributed by atoms with Crippen molar-refractivity contribution < 1.29 is 14.3 Å². The quantitative estimate of drug-likeness (QED) is 0.740. The van der Waals surface area contributed by atoms with E-state index in [1.54, 1.807) is 19.2 Å². The van der Waals surface area contributed by atoms with Crippen molar-refractivity contribution in [3.05, 3.63) is 65.9 Å². The molecule has 3 rings (SSSR count). The number of hydrogen-bond acceptors (Lipinski definition) is 3. The number of fused-ring (bicyclic) bond motifs is 1. The van der Waals surface area contributed by atoms with Gasteiger partial charge in [-0.05, 0) is 37.6 Å². The van der Waals surface area contributed by atoms with E-state index >= 15 is 0 Å². The number of carbonyl (C=O) groups excluding carboxylic acids is 2. The van der Waals surface area contributed by atoms with Crippen LogP contribution < -0.4 is 5.32 Å². The maximum absolute atomic E-state index is 12.5. The van der Waals surface area contributed by atoms with Gasteiger partial charge in [0.15, 0.2) is 6.10 Å². The number of anilines is 1. The summed E-state index contributed by atoms with van der Waals surface area (Å²) in [6.45, 7) is 3.51. The van der Waals surface area contributed by atoms with Crippen molar-refractivity contribution in [3.63, 3.8) is 0 Å². The minimum absolute atomic E-state index is 0.362. The molecular weight excluding hydrogens is 316 g/mol. The van der Waals surface area contributed by atoms with Gasteiger partial charge in [-0.1, -0.05) is 30.3 Å². The lowest BCUT2D eigenvalue weighted by molar-refractivity contribution is -0.123. The fraction of sp³-hybridized carbons (Fsp3) is 0.200. The van der Waals surface area contributed by atoms with Gasteiger partial charge in [0.05, 0.1) is 5.56 Å². The Bertz CT molecular complexity index is 943. The van der Waals surface area contributed by atoms with Crippen LogP contribution in [0.25, 0.3) is 10.9 Å². The smallest absolute Gasteiger partial charge is 0.341 e. The summed E-state index contributed by atoms with van der Waals surface area (Å²) >= 11 is 0. The minimum atomic E-state index is -0.896. The van der Waals surface area contributed by atoms with E-state index in [4.69, 9.17) is 4.74 Å². The number of rotatable bonds is 4. The summed E-state index contributed by atoms with van der Waals surface area (Å²) < 4.78 is 7.22. The molecule has 1 atom stereocenters. The second-order valence-corrected chi connectivity index (χ2v) is 6.08. The summed E-state index contributed by atoms with van der Waals surface area (Å²) in [5.74, 6) is -0.872. The molecule has 2 aromatic carbocycles. The van der Waals surface area contributed by atoms with Crippen molar-refractivity contribution in [1.82, 2.24) is 4.57 Å². The molecular formula is C20H20N2O3. The van der Waals surface area contributed by atoms with Crippen LogP contribution >= 0.6 is 0 Å². The Morgan fingerprint density at radius 2 is 1.88 bits per heavy atom. The van der Waals surface area contributed by atoms with Crippen LogP contribution in [-0.2, 0) is 16.6 Å². The van der Waals surface area contributed by atoms with Gasteiger partial charge in [0.1, 0.15) is 0 Å². The van der Waals surface area contributed by atoms with E-state index in [-0.39, 0.29) is 5.91 Å². The number of benzene rings is 2. The lowest BCUT2D eigenvalue weighted by atomic mass is 10.2. The summed E-state index contributed by atoms with van der Waals surface area (Å²) in [5, 5.41) is 3.57. The Morgan fingerprint density at radius 3 is 2.64 bits per heavy atom. The number of ether oxygens (including phenoxy) is 1. The highest BCUT2D eigenvalue weighted by atomic mass is 16.5. The number of esters is 1. The largest absolute Gasteiger partial charge is 0.449 e. The molecule has 1 amide bonds. The van der Waals surface area contributed by atoms with E-state index in [1.807, 2.05) is 61.0 Å². The van der Waals surface area contributed by atoms with Crippen molar-refractivity contribution >= 4 is 28.5 Å². The van der Waals surface area contributed by atoms with Crippen molar-refractivity contribution in [2.75, 3.05) is 5.32 Å². The third-order valence-electron chi connectivity index (χ3n) is 4.06. The first-order valence-electron chi connectivity index (χ1n) is 8.08. The number of hydrogen-bond donors (Lipinski definition) is 1. The molecule has 0 aliphatic rings. The van der Waals surface area contributed by atoms with Gasteiger partial charge in [-0.2, -0.15) is 0 Å². The summed E-state index contributed by atoms with van der Waals surface area (Å²) in [6.07, 6.45) is 0.824. The molecule has 0 radical (unpaired) electrons. The lowest BCUT2D eigenvalue weighted by Gasteiger charge is -2.13. The molecule has 1 heterocycles. The van der Waals surface area contributed by atoms with Gasteiger partial charge < -0.3 is 14.6 Å². The monoisotopic (exact) mass is 336 g/mol. The van der Waals surface area contributed by atoms with Crippen LogP contribution in [0.4, 0.5) is 5.69 Å². The van der Waals surface area contributed by atoms with Gasteiger partial charge in [-0.3, -0.25) is 4.79 Å². The van der Waals surface area contributed by atoms with Crippen LogP contribution in [0.15, 0.2) is 54.7 Å². The maximum atomic E-state index is 12.5. The number of para-hydroxylation sites is 1. The Kier molecular flexibility index (Phi) is 4.57. The van der Waals surface area contributed by atoms with Gasteiger partial charge in [0.2, 0.25) is 0 Å². The number of nitrogens with zero attached hydrogens (tertiary/aromatic N) is 1. The molecule has 1 N–H and O–H groups in total. The zero-order valence-electron chi connectivity index (χ0n) is 14.4. The third-order valence-corrected chi connectivity index (χ3v) is 4.06. The number of aryl methyl sites for hydroxylation is 2. The second kappa shape index (κ2) is 6.81. The van der Waals surface area contributed by atoms with Gasteiger partial charge in [-0.25, -0.2) is 4.79 Å². The average molecular weight is 336 g/mol. The molecule has 0 spiro atoms. The molecule has 1 aromatic heterocycles. The van der Waals surface area contributed by atoms with E-state index in [1.165, 1.54) is 0 Å². The van der Waals surface area contributed by atoms with Gasteiger partial charge in [-0.15, -0.1) is 0 Å². The first kappa shape index (κ1) is 16.8. The zero-order chi connectivity index (χ0) is 18.0. The third kappa shape index (κ3) is 3.55. The van der Waals surface area contributed by atoms with Crippen LogP contribution in [-0.4, -0.2) is 22.5 Å². The summed E-state index contributed by atoms with van der Waals surface area (Å²) in [4.78, 5) is 24.7. The summed E-state index contributed by atoms with van der Waals surface area (Å²) in [6, 6.07) is 15.0. The topological polar surface area (TPSA) is 60.3 Å². The molecule has 3 aromatic rings. The van der Waals surface area contributed by atoms with Crippen LogP contribution in [0.3, 0.4) is 0 Å². The summed E-state index contributed by atoms with van der Waals surface area (Å²) in [5.41, 5.74) is 3.11. The average Bonchev–Trinajstić information content (AvgIpc) is 2.92. The molecule has 0 bridgehead atoms. The fourth-order valence-corrected chi connectivity index (χ4v) is 2.75. The minimum Gasteiger partial charge on any atom is -0.449 e. The van der Waals surface area contributed by atoms with E-state index in [2.05, 4.69) is 5.32 Å². The second-order valence-electron chi connectivity index (χ2n) is 6.08. The van der Waals surface area contributed by atoms with Crippen molar-refractivity contribution in [2.45, 2.75) is 20.0 Å². The maximum Gasteiger partial charge on any atom is 0.341 e. The summed E-state index contributed by atoms with van der Waals surface area (Å²) in [7, 11) is 1.87. The molecule has 0 saturated carbocycles. The van der Waals surface area contributed by atoms with E-state index < -0.39 is 12.1 Å². The molecule has 5 heteroatoms. The molecule has 25 heavy (non-hydrogen) atoms. The Labute approximate surface area is 146 Å². The molecule has 5 nitrogen and oxygen atoms in total. The van der Waals surface area contributed by atoms with Crippen molar-refractivity contribution in [3.8, 4) is 0 Å². The van der Waals surface area contributed by atoms with Crippen LogP contribution in [0.5, 0.6) is 0 Å². The first-order chi connectivity index (χ1) is 12.0. The van der Waals surface area contributed by atoms with Gasteiger partial charge >= 0.3 is 5.97 Å². The molecule has 0 aliphatic heterocycles. The zero-order valence-corrected chi connectivity index (χ0v) is 14.4. The fourth-order valence-electron chi connectivity index (χ4n) is 2.75. The standard InChI is InChI=1S/C20H20N2O3/c1-13-7-6-8-15(11-13)21-19(23)14(2)25-20(24)17-12-22(3)18-10-5-4-9-16(17)18/h4-12,14H,1-3H3,(H,21,23)/t14-/m0/s1. The van der Waals surface area contributed by atoms with Crippen LogP contribution in [0.1, 0.15) is 22.8 Å².